The molecule has 0 fully saturated rings. The van der Waals surface area contributed by atoms with E-state index in [9.17, 15) is 4.79 Å². The summed E-state index contributed by atoms with van der Waals surface area (Å²) in [4.78, 5) is 19.9. The Morgan fingerprint density at radius 3 is 2.77 bits per heavy atom. The van der Waals surface area contributed by atoms with Crippen LogP contribution in [0.5, 0.6) is 0 Å². The normalized spacial score (nSPS) is 10.3. The minimum absolute atomic E-state index is 0.249. The number of urea groups is 1. The van der Waals surface area contributed by atoms with E-state index in [0.717, 1.165) is 11.3 Å². The number of carbonyl (C=O) groups excluding carboxylic acids is 1. The van der Waals surface area contributed by atoms with Crippen molar-refractivity contribution in [2.24, 2.45) is 0 Å². The monoisotopic (exact) mass is 338 g/mol. The van der Waals surface area contributed by atoms with Crippen molar-refractivity contribution in [2.75, 3.05) is 6.54 Å². The molecular formula is C15H16Cl2N4O. The summed E-state index contributed by atoms with van der Waals surface area (Å²) in [5.74, 6) is 0.678. The van der Waals surface area contributed by atoms with Gasteiger partial charge in [0.2, 0.25) is 0 Å². The first kappa shape index (κ1) is 16.5. The average molecular weight is 339 g/mol. The van der Waals surface area contributed by atoms with Gasteiger partial charge in [0.25, 0.3) is 0 Å². The molecule has 1 heterocycles. The Labute approximate surface area is 139 Å². The minimum Gasteiger partial charge on any atom is -0.338 e. The number of nitrogens with zero attached hydrogens (tertiary/aromatic N) is 2. The van der Waals surface area contributed by atoms with Crippen LogP contribution in [0.2, 0.25) is 10.0 Å². The van der Waals surface area contributed by atoms with Gasteiger partial charge >= 0.3 is 6.03 Å². The second kappa shape index (κ2) is 7.96. The lowest BCUT2D eigenvalue weighted by molar-refractivity contribution is 0.240. The van der Waals surface area contributed by atoms with E-state index in [1.807, 2.05) is 6.07 Å². The van der Waals surface area contributed by atoms with E-state index in [0.29, 0.717) is 35.4 Å². The van der Waals surface area contributed by atoms with E-state index in [1.54, 1.807) is 31.3 Å². The molecule has 5 nitrogen and oxygen atoms in total. The van der Waals surface area contributed by atoms with Gasteiger partial charge in [-0.3, -0.25) is 0 Å². The molecule has 0 atom stereocenters. The first-order valence-electron chi connectivity index (χ1n) is 6.79. The van der Waals surface area contributed by atoms with Crippen molar-refractivity contribution < 1.29 is 4.79 Å². The lowest BCUT2D eigenvalue weighted by Gasteiger charge is -2.08. The van der Waals surface area contributed by atoms with Gasteiger partial charge in [-0.05, 0) is 37.1 Å². The summed E-state index contributed by atoms with van der Waals surface area (Å²) in [5, 5.41) is 6.71. The molecule has 7 heteroatoms. The minimum atomic E-state index is -0.249. The molecule has 0 saturated heterocycles. The van der Waals surface area contributed by atoms with E-state index >= 15 is 0 Å². The Hall–Kier alpha value is -1.85. The molecule has 0 bridgehead atoms. The molecule has 2 N–H and O–H groups in total. The number of halogens is 2. The van der Waals surface area contributed by atoms with Crippen molar-refractivity contribution in [3.8, 4) is 0 Å². The molecule has 2 rings (SSSR count). The Kier molecular flexibility index (Phi) is 5.98. The van der Waals surface area contributed by atoms with Gasteiger partial charge in [-0.2, -0.15) is 0 Å². The maximum atomic E-state index is 11.7. The fourth-order valence-corrected chi connectivity index (χ4v) is 2.38. The fraction of sp³-hybridized carbons (Fsp3) is 0.267. The zero-order valence-electron chi connectivity index (χ0n) is 12.1. The summed E-state index contributed by atoms with van der Waals surface area (Å²) in [7, 11) is 0. The van der Waals surface area contributed by atoms with Crippen molar-refractivity contribution in [1.29, 1.82) is 0 Å². The number of rotatable bonds is 5. The topological polar surface area (TPSA) is 66.9 Å². The van der Waals surface area contributed by atoms with E-state index in [-0.39, 0.29) is 6.03 Å². The molecule has 0 aliphatic rings. The highest BCUT2D eigenvalue weighted by Crippen LogP contribution is 2.20. The van der Waals surface area contributed by atoms with Crippen LogP contribution in [0.1, 0.15) is 17.1 Å². The summed E-state index contributed by atoms with van der Waals surface area (Å²) in [6, 6.07) is 6.84. The van der Waals surface area contributed by atoms with E-state index in [1.165, 1.54) is 0 Å². The molecule has 0 aliphatic heterocycles. The van der Waals surface area contributed by atoms with Crippen LogP contribution in [0.3, 0.4) is 0 Å². The zero-order valence-corrected chi connectivity index (χ0v) is 13.6. The number of amides is 2. The second-order valence-electron chi connectivity index (χ2n) is 4.69. The summed E-state index contributed by atoms with van der Waals surface area (Å²) in [6.07, 6.45) is 2.30. The third kappa shape index (κ3) is 5.16. The maximum Gasteiger partial charge on any atom is 0.315 e. The van der Waals surface area contributed by atoms with E-state index in [4.69, 9.17) is 23.2 Å². The maximum absolute atomic E-state index is 11.7. The molecule has 2 aromatic rings. The quantitative estimate of drug-likeness (QED) is 0.879. The van der Waals surface area contributed by atoms with Gasteiger partial charge in [-0.1, -0.05) is 29.3 Å². The summed E-state index contributed by atoms with van der Waals surface area (Å²) in [5.41, 5.74) is 1.71. The van der Waals surface area contributed by atoms with Crippen LogP contribution in [0.25, 0.3) is 0 Å². The summed E-state index contributed by atoms with van der Waals surface area (Å²) in [6.45, 7) is 2.65. The van der Waals surface area contributed by atoms with E-state index in [2.05, 4.69) is 20.6 Å². The molecule has 0 spiro atoms. The van der Waals surface area contributed by atoms with Crippen molar-refractivity contribution in [2.45, 2.75) is 19.9 Å². The highest BCUT2D eigenvalue weighted by Gasteiger charge is 2.04. The Bertz CT molecular complexity index is 664. The number of hydrogen-bond acceptors (Lipinski definition) is 3. The smallest absolute Gasteiger partial charge is 0.315 e. The van der Waals surface area contributed by atoms with Gasteiger partial charge in [-0.15, -0.1) is 0 Å². The van der Waals surface area contributed by atoms with Crippen LogP contribution < -0.4 is 10.6 Å². The van der Waals surface area contributed by atoms with Gasteiger partial charge < -0.3 is 10.6 Å². The van der Waals surface area contributed by atoms with Gasteiger partial charge in [0, 0.05) is 22.8 Å². The highest BCUT2D eigenvalue weighted by atomic mass is 35.5. The third-order valence-electron chi connectivity index (χ3n) is 2.96. The van der Waals surface area contributed by atoms with Gasteiger partial charge in [-0.25, -0.2) is 14.8 Å². The standard InChI is InChI=1S/C15H16Cl2N4O/c1-10-18-7-5-13(21-10)9-20-15(22)19-6-4-11-2-3-12(16)8-14(11)17/h2-3,5,7-8H,4,6,9H2,1H3,(H2,19,20,22). The first-order valence-corrected chi connectivity index (χ1v) is 7.54. The molecule has 0 aliphatic carbocycles. The number of carbonyl (C=O) groups is 1. The van der Waals surface area contributed by atoms with E-state index < -0.39 is 0 Å². The number of nitrogens with one attached hydrogen (secondary N) is 2. The largest absolute Gasteiger partial charge is 0.338 e. The van der Waals surface area contributed by atoms with Gasteiger partial charge in [0.15, 0.2) is 0 Å². The van der Waals surface area contributed by atoms with Crippen LogP contribution >= 0.6 is 23.2 Å². The molecule has 0 saturated carbocycles. The predicted octanol–water partition coefficient (Wildman–Crippen LogP) is 3.13. The molecular weight excluding hydrogens is 323 g/mol. The van der Waals surface area contributed by atoms with Crippen LogP contribution in [0.4, 0.5) is 4.79 Å². The SMILES string of the molecule is Cc1nccc(CNC(=O)NCCc2ccc(Cl)cc2Cl)n1. The number of hydrogen-bond donors (Lipinski definition) is 2. The number of aryl methyl sites for hydroxylation is 1. The lowest BCUT2D eigenvalue weighted by Crippen LogP contribution is -2.36. The molecule has 2 amide bonds. The second-order valence-corrected chi connectivity index (χ2v) is 5.53. The molecule has 1 aromatic carbocycles. The first-order chi connectivity index (χ1) is 10.5. The third-order valence-corrected chi connectivity index (χ3v) is 3.55. The number of aromatic nitrogens is 2. The van der Waals surface area contributed by atoms with Crippen molar-refractivity contribution in [3.05, 3.63) is 57.6 Å². The average Bonchev–Trinajstić information content (AvgIpc) is 2.47. The lowest BCUT2D eigenvalue weighted by atomic mass is 10.1. The molecule has 116 valence electrons. The van der Waals surface area contributed by atoms with Crippen molar-refractivity contribution in [3.63, 3.8) is 0 Å². The Balaban J connectivity index is 1.74. The van der Waals surface area contributed by atoms with Gasteiger partial charge in [0.05, 0.1) is 12.2 Å². The van der Waals surface area contributed by atoms with Crippen LogP contribution in [0.15, 0.2) is 30.5 Å². The molecule has 0 radical (unpaired) electrons. The Morgan fingerprint density at radius 2 is 2.05 bits per heavy atom. The van der Waals surface area contributed by atoms with Crippen LogP contribution in [0, 0.1) is 6.92 Å². The van der Waals surface area contributed by atoms with Crippen molar-refractivity contribution >= 4 is 29.2 Å². The molecule has 0 unspecified atom stereocenters. The van der Waals surface area contributed by atoms with Crippen molar-refractivity contribution in [1.82, 2.24) is 20.6 Å². The van der Waals surface area contributed by atoms with Gasteiger partial charge in [0.1, 0.15) is 5.82 Å². The van der Waals surface area contributed by atoms with Crippen LogP contribution in [-0.4, -0.2) is 22.5 Å². The zero-order chi connectivity index (χ0) is 15.9. The molecule has 22 heavy (non-hydrogen) atoms. The predicted molar refractivity (Wildman–Crippen MR) is 87.2 cm³/mol. The number of benzene rings is 1. The highest BCUT2D eigenvalue weighted by molar-refractivity contribution is 6.35. The fourth-order valence-electron chi connectivity index (χ4n) is 1.87. The summed E-state index contributed by atoms with van der Waals surface area (Å²) >= 11 is 11.9. The Morgan fingerprint density at radius 1 is 1.23 bits per heavy atom. The summed E-state index contributed by atoms with van der Waals surface area (Å²) < 4.78 is 0. The van der Waals surface area contributed by atoms with Crippen LogP contribution in [-0.2, 0) is 13.0 Å². The molecule has 1 aromatic heterocycles.